The van der Waals surface area contributed by atoms with Crippen molar-refractivity contribution in [2.45, 2.75) is 19.9 Å². The van der Waals surface area contributed by atoms with E-state index >= 15 is 0 Å². The molecule has 150 valence electrons. The SMILES string of the molecule is Cc1nc2ccc(CNc3ccnc(NCCc4c[nH]c5ccccc45)n3)cc2[nH]1. The van der Waals surface area contributed by atoms with Crippen LogP contribution in [0.15, 0.2) is 60.9 Å². The highest BCUT2D eigenvalue weighted by atomic mass is 15.1. The van der Waals surface area contributed by atoms with Gasteiger partial charge in [-0.05, 0) is 48.7 Å². The van der Waals surface area contributed by atoms with Crippen LogP contribution in [0, 0.1) is 6.92 Å². The van der Waals surface area contributed by atoms with E-state index in [2.05, 4.69) is 72.1 Å². The van der Waals surface area contributed by atoms with E-state index < -0.39 is 0 Å². The molecular formula is C23H23N7. The molecule has 7 heteroatoms. The minimum atomic E-state index is 0.625. The second kappa shape index (κ2) is 7.87. The number of aryl methyl sites for hydroxylation is 1. The molecule has 0 aliphatic rings. The molecule has 0 unspecified atom stereocenters. The monoisotopic (exact) mass is 397 g/mol. The van der Waals surface area contributed by atoms with Gasteiger partial charge in [0.2, 0.25) is 5.95 Å². The topological polar surface area (TPSA) is 94.3 Å². The van der Waals surface area contributed by atoms with Crippen LogP contribution in [0.25, 0.3) is 21.9 Å². The molecule has 0 spiro atoms. The molecule has 0 atom stereocenters. The number of fused-ring (bicyclic) bond motifs is 2. The molecule has 2 aromatic carbocycles. The summed E-state index contributed by atoms with van der Waals surface area (Å²) in [7, 11) is 0. The Morgan fingerprint density at radius 2 is 1.90 bits per heavy atom. The predicted octanol–water partition coefficient (Wildman–Crippen LogP) is 4.41. The number of rotatable bonds is 7. The number of aromatic amines is 2. The predicted molar refractivity (Wildman–Crippen MR) is 121 cm³/mol. The maximum atomic E-state index is 4.57. The largest absolute Gasteiger partial charge is 0.366 e. The zero-order valence-corrected chi connectivity index (χ0v) is 16.7. The molecule has 0 aliphatic heterocycles. The van der Waals surface area contributed by atoms with E-state index in [1.807, 2.05) is 25.1 Å². The number of benzene rings is 2. The van der Waals surface area contributed by atoms with Crippen molar-refractivity contribution in [1.29, 1.82) is 0 Å². The maximum Gasteiger partial charge on any atom is 0.224 e. The Morgan fingerprint density at radius 1 is 0.967 bits per heavy atom. The van der Waals surface area contributed by atoms with Crippen LogP contribution in [0.3, 0.4) is 0 Å². The summed E-state index contributed by atoms with van der Waals surface area (Å²) in [5.41, 5.74) is 5.66. The lowest BCUT2D eigenvalue weighted by Crippen LogP contribution is -2.09. The van der Waals surface area contributed by atoms with Crippen molar-refractivity contribution < 1.29 is 0 Å². The Labute approximate surface area is 174 Å². The third kappa shape index (κ3) is 3.82. The molecule has 5 aromatic rings. The fourth-order valence-corrected chi connectivity index (χ4v) is 3.68. The average molecular weight is 397 g/mol. The number of aromatic nitrogens is 5. The van der Waals surface area contributed by atoms with E-state index in [-0.39, 0.29) is 0 Å². The van der Waals surface area contributed by atoms with E-state index in [1.54, 1.807) is 6.20 Å². The van der Waals surface area contributed by atoms with Gasteiger partial charge in [0.1, 0.15) is 11.6 Å². The van der Waals surface area contributed by atoms with Crippen molar-refractivity contribution in [1.82, 2.24) is 24.9 Å². The summed E-state index contributed by atoms with van der Waals surface area (Å²) in [6, 6.07) is 16.5. The van der Waals surface area contributed by atoms with Crippen molar-refractivity contribution in [3.8, 4) is 0 Å². The third-order valence-electron chi connectivity index (χ3n) is 5.15. The highest BCUT2D eigenvalue weighted by Gasteiger charge is 2.05. The summed E-state index contributed by atoms with van der Waals surface area (Å²) >= 11 is 0. The zero-order valence-electron chi connectivity index (χ0n) is 16.7. The minimum absolute atomic E-state index is 0.625. The number of H-pyrrole nitrogens is 2. The molecule has 0 amide bonds. The van der Waals surface area contributed by atoms with Gasteiger partial charge in [0.25, 0.3) is 0 Å². The molecule has 0 bridgehead atoms. The van der Waals surface area contributed by atoms with Crippen LogP contribution in [0.1, 0.15) is 17.0 Å². The molecule has 3 heterocycles. The second-order valence-corrected chi connectivity index (χ2v) is 7.33. The zero-order chi connectivity index (χ0) is 20.3. The van der Waals surface area contributed by atoms with Gasteiger partial charge < -0.3 is 20.6 Å². The van der Waals surface area contributed by atoms with Gasteiger partial charge in [-0.1, -0.05) is 24.3 Å². The molecule has 0 fully saturated rings. The quantitative estimate of drug-likeness (QED) is 0.326. The summed E-state index contributed by atoms with van der Waals surface area (Å²) in [5, 5.41) is 7.96. The molecule has 30 heavy (non-hydrogen) atoms. The minimum Gasteiger partial charge on any atom is -0.366 e. The van der Waals surface area contributed by atoms with Gasteiger partial charge in [-0.3, -0.25) is 0 Å². The van der Waals surface area contributed by atoms with Crippen LogP contribution >= 0.6 is 0 Å². The van der Waals surface area contributed by atoms with Gasteiger partial charge in [-0.2, -0.15) is 4.98 Å². The molecule has 0 saturated carbocycles. The van der Waals surface area contributed by atoms with Gasteiger partial charge in [-0.25, -0.2) is 9.97 Å². The third-order valence-corrected chi connectivity index (χ3v) is 5.15. The van der Waals surface area contributed by atoms with Crippen molar-refractivity contribution in [3.63, 3.8) is 0 Å². The molecule has 5 rings (SSSR count). The highest BCUT2D eigenvalue weighted by Crippen LogP contribution is 2.18. The first-order chi connectivity index (χ1) is 14.7. The summed E-state index contributed by atoms with van der Waals surface area (Å²) < 4.78 is 0. The van der Waals surface area contributed by atoms with Crippen molar-refractivity contribution in [2.75, 3.05) is 17.2 Å². The van der Waals surface area contributed by atoms with Crippen LogP contribution < -0.4 is 10.6 Å². The molecule has 7 nitrogen and oxygen atoms in total. The number of anilines is 2. The summed E-state index contributed by atoms with van der Waals surface area (Å²) in [6.45, 7) is 3.41. The van der Waals surface area contributed by atoms with E-state index in [9.17, 15) is 0 Å². The highest BCUT2D eigenvalue weighted by molar-refractivity contribution is 5.83. The van der Waals surface area contributed by atoms with Gasteiger partial charge in [0, 0.05) is 36.4 Å². The van der Waals surface area contributed by atoms with Gasteiger partial charge >= 0.3 is 0 Å². The van der Waals surface area contributed by atoms with Crippen LogP contribution in [0.4, 0.5) is 11.8 Å². The maximum absolute atomic E-state index is 4.57. The Hall–Kier alpha value is -3.87. The number of imidazole rings is 1. The van der Waals surface area contributed by atoms with Gasteiger partial charge in [0.05, 0.1) is 11.0 Å². The van der Waals surface area contributed by atoms with E-state index in [0.717, 1.165) is 35.6 Å². The first-order valence-electron chi connectivity index (χ1n) is 10.1. The Kier molecular flexibility index (Phi) is 4.77. The normalized spacial score (nSPS) is 11.2. The number of hydrogen-bond acceptors (Lipinski definition) is 5. The van der Waals surface area contributed by atoms with Gasteiger partial charge in [0.15, 0.2) is 0 Å². The molecule has 0 aliphatic carbocycles. The molecule has 3 aromatic heterocycles. The fourth-order valence-electron chi connectivity index (χ4n) is 3.68. The van der Waals surface area contributed by atoms with E-state index in [4.69, 9.17) is 0 Å². The average Bonchev–Trinajstić information content (AvgIpc) is 3.35. The van der Waals surface area contributed by atoms with Crippen LogP contribution in [0.2, 0.25) is 0 Å². The lowest BCUT2D eigenvalue weighted by molar-refractivity contribution is 0.985. The lowest BCUT2D eigenvalue weighted by Gasteiger charge is -2.08. The first-order valence-corrected chi connectivity index (χ1v) is 10.1. The molecule has 4 N–H and O–H groups in total. The standard InChI is InChI=1S/C23H23N7/c1-15-28-20-7-6-16(12-21(20)29-15)13-27-22-9-11-25-23(30-22)24-10-8-17-14-26-19-5-3-2-4-18(17)19/h2-7,9,11-12,14,26H,8,10,13H2,1H3,(H,28,29)(H2,24,25,27,30). The van der Waals surface area contributed by atoms with Crippen LogP contribution in [-0.4, -0.2) is 31.5 Å². The Morgan fingerprint density at radius 3 is 2.87 bits per heavy atom. The second-order valence-electron chi connectivity index (χ2n) is 7.33. The van der Waals surface area contributed by atoms with Crippen molar-refractivity contribution in [2.24, 2.45) is 0 Å². The molecule has 0 radical (unpaired) electrons. The van der Waals surface area contributed by atoms with Crippen molar-refractivity contribution >= 4 is 33.7 Å². The van der Waals surface area contributed by atoms with E-state index in [0.29, 0.717) is 12.5 Å². The first kappa shape index (κ1) is 18.2. The number of para-hydroxylation sites is 1. The smallest absolute Gasteiger partial charge is 0.224 e. The fraction of sp³-hybridized carbons (Fsp3) is 0.174. The molecule has 0 saturated heterocycles. The van der Waals surface area contributed by atoms with Crippen LogP contribution in [0.5, 0.6) is 0 Å². The van der Waals surface area contributed by atoms with E-state index in [1.165, 1.54) is 22.0 Å². The van der Waals surface area contributed by atoms with Gasteiger partial charge in [-0.15, -0.1) is 0 Å². The summed E-state index contributed by atoms with van der Waals surface area (Å²) in [4.78, 5) is 19.9. The Bertz CT molecular complexity index is 1300. The number of hydrogen-bond donors (Lipinski definition) is 4. The van der Waals surface area contributed by atoms with Crippen LogP contribution in [-0.2, 0) is 13.0 Å². The number of nitrogens with zero attached hydrogens (tertiary/aromatic N) is 3. The molecular weight excluding hydrogens is 374 g/mol. The summed E-state index contributed by atoms with van der Waals surface area (Å²) in [5.74, 6) is 2.34. The summed E-state index contributed by atoms with van der Waals surface area (Å²) in [6.07, 6.45) is 4.74. The van der Waals surface area contributed by atoms with Crippen molar-refractivity contribution in [3.05, 3.63) is 77.9 Å². The Balaban J connectivity index is 1.19. The lowest BCUT2D eigenvalue weighted by atomic mass is 10.1. The number of nitrogens with one attached hydrogen (secondary N) is 4.